The highest BCUT2D eigenvalue weighted by Crippen LogP contribution is 2.28. The molecule has 1 fully saturated rings. The summed E-state index contributed by atoms with van der Waals surface area (Å²) < 4.78 is 2.85. The lowest BCUT2D eigenvalue weighted by atomic mass is 10.2. The molecule has 2 aromatic heterocycles. The first kappa shape index (κ1) is 11.7. The van der Waals surface area contributed by atoms with Gasteiger partial charge >= 0.3 is 0 Å². The van der Waals surface area contributed by atoms with E-state index in [1.165, 1.54) is 18.4 Å². The van der Waals surface area contributed by atoms with E-state index in [-0.39, 0.29) is 0 Å². The predicted molar refractivity (Wildman–Crippen MR) is 76.9 cm³/mol. The number of rotatable bonds is 4. The molecule has 1 saturated carbocycles. The van der Waals surface area contributed by atoms with E-state index in [4.69, 9.17) is 12.2 Å². The average Bonchev–Trinajstić information content (AvgIpc) is 3.21. The van der Waals surface area contributed by atoms with Crippen LogP contribution >= 0.6 is 12.2 Å². The fraction of sp³-hybridized carbons (Fsp3) is 0.429. The first-order valence-corrected chi connectivity index (χ1v) is 6.94. The maximum atomic E-state index is 5.55. The summed E-state index contributed by atoms with van der Waals surface area (Å²) in [7, 11) is 0. The van der Waals surface area contributed by atoms with Gasteiger partial charge in [-0.1, -0.05) is 19.1 Å². The number of nitrogens with one attached hydrogen (secondary N) is 1. The predicted octanol–water partition coefficient (Wildman–Crippen LogP) is 3.28. The number of aryl methyl sites for hydroxylation is 1. The van der Waals surface area contributed by atoms with Gasteiger partial charge in [-0.3, -0.25) is 0 Å². The third-order valence-corrected chi connectivity index (χ3v) is 3.90. The first-order valence-electron chi connectivity index (χ1n) is 6.53. The van der Waals surface area contributed by atoms with E-state index < -0.39 is 0 Å². The van der Waals surface area contributed by atoms with Crippen molar-refractivity contribution in [2.75, 3.05) is 12.0 Å². The Morgan fingerprint density at radius 1 is 1.50 bits per heavy atom. The molecule has 0 aliphatic heterocycles. The zero-order valence-corrected chi connectivity index (χ0v) is 11.3. The van der Waals surface area contributed by atoms with E-state index in [2.05, 4.69) is 29.5 Å². The number of nitrogens with zero attached hydrogens (tertiary/aromatic N) is 2. The highest BCUT2D eigenvalue weighted by Gasteiger charge is 2.21. The van der Waals surface area contributed by atoms with Gasteiger partial charge in [-0.05, 0) is 48.9 Å². The van der Waals surface area contributed by atoms with E-state index in [0.29, 0.717) is 0 Å². The summed E-state index contributed by atoms with van der Waals surface area (Å²) in [5.74, 6) is 0.816. The van der Waals surface area contributed by atoms with Crippen LogP contribution in [-0.4, -0.2) is 16.2 Å². The lowest BCUT2D eigenvalue weighted by molar-refractivity contribution is 0.762. The van der Waals surface area contributed by atoms with Crippen molar-refractivity contribution in [3.8, 4) is 0 Å². The third kappa shape index (κ3) is 2.12. The van der Waals surface area contributed by atoms with Crippen molar-refractivity contribution in [2.45, 2.75) is 26.2 Å². The van der Waals surface area contributed by atoms with E-state index >= 15 is 0 Å². The minimum Gasteiger partial charge on any atom is -0.323 e. The van der Waals surface area contributed by atoms with Gasteiger partial charge in [0.05, 0.1) is 0 Å². The zero-order valence-electron chi connectivity index (χ0n) is 10.5. The lowest BCUT2D eigenvalue weighted by Crippen LogP contribution is -2.20. The molecule has 1 aliphatic rings. The second-order valence-corrected chi connectivity index (χ2v) is 5.27. The van der Waals surface area contributed by atoms with Crippen LogP contribution in [0.2, 0.25) is 0 Å². The fourth-order valence-electron chi connectivity index (χ4n) is 2.14. The highest BCUT2D eigenvalue weighted by molar-refractivity contribution is 7.71. The molecule has 1 N–H and O–H groups in total. The Bertz CT molecular complexity index is 628. The van der Waals surface area contributed by atoms with Crippen molar-refractivity contribution in [2.24, 2.45) is 5.92 Å². The quantitative estimate of drug-likeness (QED) is 0.855. The zero-order chi connectivity index (χ0) is 12.5. The van der Waals surface area contributed by atoms with Crippen LogP contribution in [0.3, 0.4) is 0 Å². The van der Waals surface area contributed by atoms with Gasteiger partial charge in [-0.15, -0.1) is 0 Å². The molecule has 18 heavy (non-hydrogen) atoms. The second kappa shape index (κ2) is 4.69. The van der Waals surface area contributed by atoms with Gasteiger partial charge in [0, 0.05) is 18.1 Å². The van der Waals surface area contributed by atoms with Crippen LogP contribution in [0.15, 0.2) is 24.4 Å². The van der Waals surface area contributed by atoms with Crippen LogP contribution in [-0.2, 0) is 6.42 Å². The lowest BCUT2D eigenvalue weighted by Gasteiger charge is -2.15. The summed E-state index contributed by atoms with van der Waals surface area (Å²) in [6, 6.07) is 6.21. The summed E-state index contributed by atoms with van der Waals surface area (Å²) in [5, 5.41) is 1.14. The molecule has 94 valence electrons. The maximum absolute atomic E-state index is 5.55. The molecular formula is C14H17N3S. The van der Waals surface area contributed by atoms with Crippen LogP contribution in [0.1, 0.15) is 25.3 Å². The number of hydrogen-bond acceptors (Lipinski definition) is 3. The molecular weight excluding hydrogens is 242 g/mol. The number of hydrogen-bond donors (Lipinski definition) is 1. The molecule has 0 amide bonds. The summed E-state index contributed by atoms with van der Waals surface area (Å²) in [5.41, 5.74) is 5.58. The molecule has 0 radical (unpaired) electrons. The van der Waals surface area contributed by atoms with Gasteiger partial charge in [0.15, 0.2) is 5.65 Å². The smallest absolute Gasteiger partial charge is 0.159 e. The number of aromatic nitrogens is 2. The molecule has 2 heterocycles. The monoisotopic (exact) mass is 259 g/mol. The van der Waals surface area contributed by atoms with Crippen molar-refractivity contribution in [3.63, 3.8) is 0 Å². The van der Waals surface area contributed by atoms with Crippen molar-refractivity contribution >= 4 is 23.3 Å². The number of pyridine rings is 2. The Balaban J connectivity index is 2.11. The molecule has 2 aromatic rings. The van der Waals surface area contributed by atoms with Gasteiger partial charge in [0.1, 0.15) is 4.64 Å². The Morgan fingerprint density at radius 2 is 2.33 bits per heavy atom. The van der Waals surface area contributed by atoms with E-state index in [1.54, 1.807) is 0 Å². The molecule has 3 nitrogen and oxygen atoms in total. The molecule has 1 aliphatic carbocycles. The van der Waals surface area contributed by atoms with Crippen LogP contribution in [0.25, 0.3) is 11.0 Å². The van der Waals surface area contributed by atoms with Gasteiger partial charge in [0.2, 0.25) is 0 Å². The van der Waals surface area contributed by atoms with E-state index in [1.807, 2.05) is 16.9 Å². The fourth-order valence-corrected chi connectivity index (χ4v) is 2.49. The standard InChI is InChI=1S/C14H17N3S/c1-2-11-8-12-4-3-7-15-13(12)17(14(11)18)16-9-10-5-6-10/h3-4,7-8,10,16H,2,5-6,9H2,1H3. The van der Waals surface area contributed by atoms with Gasteiger partial charge < -0.3 is 5.43 Å². The summed E-state index contributed by atoms with van der Waals surface area (Å²) in [6.45, 7) is 3.13. The van der Waals surface area contributed by atoms with E-state index in [9.17, 15) is 0 Å². The number of fused-ring (bicyclic) bond motifs is 1. The van der Waals surface area contributed by atoms with Crippen molar-refractivity contribution in [3.05, 3.63) is 34.6 Å². The molecule has 0 unspecified atom stereocenters. The molecule has 0 bridgehead atoms. The normalized spacial score (nSPS) is 14.9. The summed E-state index contributed by atoms with van der Waals surface area (Å²) in [4.78, 5) is 4.45. The molecule has 3 rings (SSSR count). The van der Waals surface area contributed by atoms with Crippen molar-refractivity contribution in [1.29, 1.82) is 0 Å². The molecule has 0 atom stereocenters. The Morgan fingerprint density at radius 3 is 3.06 bits per heavy atom. The topological polar surface area (TPSA) is 29.9 Å². The van der Waals surface area contributed by atoms with Crippen molar-refractivity contribution < 1.29 is 0 Å². The van der Waals surface area contributed by atoms with Crippen LogP contribution in [0, 0.1) is 10.6 Å². The maximum Gasteiger partial charge on any atom is 0.159 e. The van der Waals surface area contributed by atoms with Crippen LogP contribution < -0.4 is 5.43 Å². The summed E-state index contributed by atoms with van der Waals surface area (Å²) in [6.07, 6.45) is 5.44. The SMILES string of the molecule is CCc1cc2cccnc2n(NCC2CC2)c1=S. The highest BCUT2D eigenvalue weighted by atomic mass is 32.1. The Hall–Kier alpha value is -1.42. The van der Waals surface area contributed by atoms with Gasteiger partial charge in [-0.2, -0.15) is 0 Å². The Labute approximate surface area is 112 Å². The molecule has 0 spiro atoms. The minimum atomic E-state index is 0.816. The van der Waals surface area contributed by atoms with Gasteiger partial charge in [-0.25, -0.2) is 9.66 Å². The third-order valence-electron chi connectivity index (χ3n) is 3.45. The second-order valence-electron chi connectivity index (χ2n) is 4.89. The largest absolute Gasteiger partial charge is 0.323 e. The molecule has 4 heteroatoms. The Kier molecular flexibility index (Phi) is 3.04. The first-order chi connectivity index (χ1) is 8.79. The average molecular weight is 259 g/mol. The summed E-state index contributed by atoms with van der Waals surface area (Å²) >= 11 is 5.55. The molecule has 0 saturated heterocycles. The minimum absolute atomic E-state index is 0.816. The van der Waals surface area contributed by atoms with Crippen molar-refractivity contribution in [1.82, 2.24) is 9.66 Å². The van der Waals surface area contributed by atoms with E-state index in [0.717, 1.165) is 34.6 Å². The van der Waals surface area contributed by atoms with Crippen LogP contribution in [0.4, 0.5) is 0 Å². The van der Waals surface area contributed by atoms with Crippen LogP contribution in [0.5, 0.6) is 0 Å². The molecule has 0 aromatic carbocycles. The van der Waals surface area contributed by atoms with Gasteiger partial charge in [0.25, 0.3) is 0 Å².